The lowest BCUT2D eigenvalue weighted by molar-refractivity contribution is 0.261. The van der Waals surface area contributed by atoms with Gasteiger partial charge in [-0.2, -0.15) is 0 Å². The Morgan fingerprint density at radius 2 is 1.79 bits per heavy atom. The van der Waals surface area contributed by atoms with E-state index >= 15 is 0 Å². The van der Waals surface area contributed by atoms with Gasteiger partial charge in [0.15, 0.2) is 0 Å². The van der Waals surface area contributed by atoms with Crippen molar-refractivity contribution in [2.75, 3.05) is 17.7 Å². The molecule has 122 valence electrons. The molecular formula is C17H14ClN3O3. The zero-order chi connectivity index (χ0) is 16.9. The largest absolute Gasteiger partial charge is 0.497 e. The molecular weight excluding hydrogens is 330 g/mol. The maximum absolute atomic E-state index is 12.1. The van der Waals surface area contributed by atoms with Gasteiger partial charge in [0.1, 0.15) is 5.75 Å². The van der Waals surface area contributed by atoms with E-state index in [-0.39, 0.29) is 5.88 Å². The number of amides is 2. The minimum atomic E-state index is -0.441. The molecule has 0 saturated heterocycles. The molecule has 1 heterocycles. The molecule has 0 radical (unpaired) electrons. The van der Waals surface area contributed by atoms with Crippen molar-refractivity contribution in [1.29, 1.82) is 0 Å². The van der Waals surface area contributed by atoms with Crippen LogP contribution in [0.5, 0.6) is 5.75 Å². The minimum Gasteiger partial charge on any atom is -0.497 e. The van der Waals surface area contributed by atoms with Gasteiger partial charge in [0.2, 0.25) is 5.88 Å². The number of hydrogen-bond donors (Lipinski definition) is 2. The van der Waals surface area contributed by atoms with Crippen molar-refractivity contribution < 1.29 is 14.1 Å². The topological polar surface area (TPSA) is 76.4 Å². The summed E-state index contributed by atoms with van der Waals surface area (Å²) in [5.41, 5.74) is 2.13. The van der Waals surface area contributed by atoms with Crippen LogP contribution in [-0.4, -0.2) is 18.3 Å². The van der Waals surface area contributed by atoms with Crippen molar-refractivity contribution in [3.8, 4) is 16.9 Å². The molecule has 0 aliphatic rings. The van der Waals surface area contributed by atoms with E-state index in [1.807, 2.05) is 24.3 Å². The molecule has 0 saturated carbocycles. The van der Waals surface area contributed by atoms with Crippen LogP contribution in [0.25, 0.3) is 11.1 Å². The SMILES string of the molecule is COc1ccc(-c2cnoc2NC(=O)Nc2ccc(Cl)cc2)cc1. The number of anilines is 2. The van der Waals surface area contributed by atoms with E-state index in [0.717, 1.165) is 11.3 Å². The normalized spacial score (nSPS) is 10.2. The lowest BCUT2D eigenvalue weighted by Gasteiger charge is -2.07. The fraction of sp³-hybridized carbons (Fsp3) is 0.0588. The van der Waals surface area contributed by atoms with Crippen molar-refractivity contribution in [1.82, 2.24) is 5.16 Å². The van der Waals surface area contributed by atoms with E-state index in [1.165, 1.54) is 0 Å². The Balaban J connectivity index is 1.72. The molecule has 6 nitrogen and oxygen atoms in total. The molecule has 0 aliphatic carbocycles. The zero-order valence-electron chi connectivity index (χ0n) is 12.7. The Morgan fingerprint density at radius 1 is 1.08 bits per heavy atom. The van der Waals surface area contributed by atoms with Gasteiger partial charge in [0, 0.05) is 10.7 Å². The molecule has 0 bridgehead atoms. The summed E-state index contributed by atoms with van der Waals surface area (Å²) in [6.45, 7) is 0. The third-order valence-electron chi connectivity index (χ3n) is 3.30. The monoisotopic (exact) mass is 343 g/mol. The lowest BCUT2D eigenvalue weighted by atomic mass is 10.1. The van der Waals surface area contributed by atoms with Crippen LogP contribution >= 0.6 is 11.6 Å². The minimum absolute atomic E-state index is 0.256. The molecule has 3 aromatic rings. The number of halogens is 1. The molecule has 2 N–H and O–H groups in total. The van der Waals surface area contributed by atoms with Crippen molar-refractivity contribution in [2.24, 2.45) is 0 Å². The van der Waals surface area contributed by atoms with Gasteiger partial charge in [0.25, 0.3) is 0 Å². The second-order valence-electron chi connectivity index (χ2n) is 4.88. The molecule has 1 aromatic heterocycles. The highest BCUT2D eigenvalue weighted by molar-refractivity contribution is 6.30. The Morgan fingerprint density at radius 3 is 2.46 bits per heavy atom. The van der Waals surface area contributed by atoms with Crippen LogP contribution < -0.4 is 15.4 Å². The zero-order valence-corrected chi connectivity index (χ0v) is 13.5. The standard InChI is InChI=1S/C17H14ClN3O3/c1-23-14-8-2-11(3-9-14)15-10-19-24-16(15)21-17(22)20-13-6-4-12(18)5-7-13/h2-10H,1H3,(H2,20,21,22). The smallest absolute Gasteiger partial charge is 0.326 e. The molecule has 2 aromatic carbocycles. The highest BCUT2D eigenvalue weighted by Gasteiger charge is 2.13. The highest BCUT2D eigenvalue weighted by Crippen LogP contribution is 2.29. The molecule has 3 rings (SSSR count). The van der Waals surface area contributed by atoms with E-state index in [9.17, 15) is 4.79 Å². The van der Waals surface area contributed by atoms with Crippen LogP contribution in [0.2, 0.25) is 5.02 Å². The Hall–Kier alpha value is -2.99. The Bertz CT molecular complexity index is 829. The number of nitrogens with one attached hydrogen (secondary N) is 2. The average Bonchev–Trinajstić information content (AvgIpc) is 3.05. The van der Waals surface area contributed by atoms with Crippen LogP contribution in [0.1, 0.15) is 0 Å². The summed E-state index contributed by atoms with van der Waals surface area (Å²) in [7, 11) is 1.60. The first-order valence-corrected chi connectivity index (χ1v) is 7.46. The summed E-state index contributed by atoms with van der Waals surface area (Å²) in [5, 5.41) is 9.67. The molecule has 0 atom stereocenters. The molecule has 0 unspecified atom stereocenters. The van der Waals surface area contributed by atoms with E-state index in [1.54, 1.807) is 37.6 Å². The van der Waals surface area contributed by atoms with E-state index in [0.29, 0.717) is 16.3 Å². The van der Waals surface area contributed by atoms with Crippen molar-refractivity contribution in [3.63, 3.8) is 0 Å². The first-order chi connectivity index (χ1) is 11.7. The first-order valence-electron chi connectivity index (χ1n) is 7.08. The number of benzene rings is 2. The summed E-state index contributed by atoms with van der Waals surface area (Å²) < 4.78 is 10.3. The number of ether oxygens (including phenoxy) is 1. The predicted octanol–water partition coefficient (Wildman–Crippen LogP) is 4.65. The molecule has 2 amide bonds. The number of carbonyl (C=O) groups excluding carboxylic acids is 1. The van der Waals surface area contributed by atoms with Gasteiger partial charge in [-0.3, -0.25) is 5.32 Å². The quantitative estimate of drug-likeness (QED) is 0.723. The van der Waals surface area contributed by atoms with Gasteiger partial charge >= 0.3 is 6.03 Å². The third-order valence-corrected chi connectivity index (χ3v) is 3.55. The fourth-order valence-electron chi connectivity index (χ4n) is 2.10. The highest BCUT2D eigenvalue weighted by atomic mass is 35.5. The van der Waals surface area contributed by atoms with Crippen molar-refractivity contribution in [3.05, 3.63) is 59.8 Å². The molecule has 0 aliphatic heterocycles. The van der Waals surface area contributed by atoms with Crippen LogP contribution in [0.4, 0.5) is 16.4 Å². The van der Waals surface area contributed by atoms with Gasteiger partial charge in [0.05, 0.1) is 18.9 Å². The summed E-state index contributed by atoms with van der Waals surface area (Å²) in [6.07, 6.45) is 1.54. The number of rotatable bonds is 4. The van der Waals surface area contributed by atoms with Crippen LogP contribution in [0.15, 0.2) is 59.3 Å². The summed E-state index contributed by atoms with van der Waals surface area (Å²) >= 11 is 5.81. The maximum Gasteiger partial charge on any atom is 0.326 e. The van der Waals surface area contributed by atoms with E-state index < -0.39 is 6.03 Å². The second-order valence-corrected chi connectivity index (χ2v) is 5.32. The number of hydrogen-bond acceptors (Lipinski definition) is 4. The fourth-order valence-corrected chi connectivity index (χ4v) is 2.23. The van der Waals surface area contributed by atoms with Gasteiger partial charge < -0.3 is 14.6 Å². The number of urea groups is 1. The number of nitrogens with zero attached hydrogens (tertiary/aromatic N) is 1. The first kappa shape index (κ1) is 15.9. The lowest BCUT2D eigenvalue weighted by Crippen LogP contribution is -2.19. The summed E-state index contributed by atoms with van der Waals surface area (Å²) in [5.74, 6) is 0.997. The average molecular weight is 344 g/mol. The van der Waals surface area contributed by atoms with Crippen LogP contribution in [-0.2, 0) is 0 Å². The molecule has 7 heteroatoms. The number of carbonyl (C=O) groups is 1. The van der Waals surface area contributed by atoms with Gasteiger partial charge in [-0.1, -0.05) is 28.9 Å². The van der Waals surface area contributed by atoms with Crippen LogP contribution in [0.3, 0.4) is 0 Å². The van der Waals surface area contributed by atoms with E-state index in [2.05, 4.69) is 15.8 Å². The summed E-state index contributed by atoms with van der Waals surface area (Å²) in [6, 6.07) is 13.7. The van der Waals surface area contributed by atoms with Gasteiger partial charge in [-0.15, -0.1) is 0 Å². The van der Waals surface area contributed by atoms with Crippen LogP contribution in [0, 0.1) is 0 Å². The Kier molecular flexibility index (Phi) is 4.67. The Labute approximate surface area is 143 Å². The van der Waals surface area contributed by atoms with Crippen molar-refractivity contribution in [2.45, 2.75) is 0 Å². The molecule has 24 heavy (non-hydrogen) atoms. The molecule has 0 fully saturated rings. The van der Waals surface area contributed by atoms with Gasteiger partial charge in [-0.25, -0.2) is 4.79 Å². The maximum atomic E-state index is 12.1. The second kappa shape index (κ2) is 7.06. The van der Waals surface area contributed by atoms with Crippen molar-refractivity contribution >= 4 is 29.2 Å². The summed E-state index contributed by atoms with van der Waals surface area (Å²) in [4.78, 5) is 12.1. The number of methoxy groups -OCH3 is 1. The molecule has 0 spiro atoms. The predicted molar refractivity (Wildman–Crippen MR) is 92.6 cm³/mol. The third kappa shape index (κ3) is 3.67. The van der Waals surface area contributed by atoms with E-state index in [4.69, 9.17) is 20.9 Å². The number of aromatic nitrogens is 1. The van der Waals surface area contributed by atoms with Gasteiger partial charge in [-0.05, 0) is 42.0 Å².